The second-order valence-corrected chi connectivity index (χ2v) is 12.8. The average molecular weight is 608 g/mol. The fourth-order valence-corrected chi connectivity index (χ4v) is 7.36. The molecule has 0 saturated heterocycles. The zero-order valence-corrected chi connectivity index (χ0v) is 27.0. The number of nitrogens with zero attached hydrogens (tertiary/aromatic N) is 2. The van der Waals surface area contributed by atoms with Crippen LogP contribution in [0.5, 0.6) is 0 Å². The van der Waals surface area contributed by atoms with Crippen LogP contribution in [0.25, 0.3) is 49.7 Å². The fraction of sp³-hybridized carbons (Fsp3) is 0.0909. The summed E-state index contributed by atoms with van der Waals surface area (Å²) >= 11 is 0. The third kappa shape index (κ3) is 4.66. The van der Waals surface area contributed by atoms with E-state index in [-0.39, 0.29) is 5.41 Å². The Morgan fingerprint density at radius 3 is 2.09 bits per heavy atom. The van der Waals surface area contributed by atoms with Crippen LogP contribution in [0, 0.1) is 0 Å². The number of hydrogen-bond acceptors (Lipinski definition) is 2. The second-order valence-electron chi connectivity index (χ2n) is 12.8. The number of hydrogen-bond donors (Lipinski definition) is 1. The number of aromatic nitrogens is 1. The molecule has 8 rings (SSSR count). The van der Waals surface area contributed by atoms with E-state index in [0.717, 1.165) is 16.9 Å². The van der Waals surface area contributed by atoms with E-state index in [4.69, 9.17) is 5.73 Å². The third-order valence-corrected chi connectivity index (χ3v) is 9.69. The molecule has 0 saturated carbocycles. The van der Waals surface area contributed by atoms with Crippen LogP contribution in [0.15, 0.2) is 164 Å². The van der Waals surface area contributed by atoms with Gasteiger partial charge in [-0.3, -0.25) is 4.90 Å². The summed E-state index contributed by atoms with van der Waals surface area (Å²) in [6, 6.07) is 50.3. The summed E-state index contributed by atoms with van der Waals surface area (Å²) in [5.41, 5.74) is 20.0. The number of para-hydroxylation sites is 2. The topological polar surface area (TPSA) is 34.2 Å². The Morgan fingerprint density at radius 2 is 1.28 bits per heavy atom. The summed E-state index contributed by atoms with van der Waals surface area (Å²) in [4.78, 5) is 2.15. The van der Waals surface area contributed by atoms with Crippen molar-refractivity contribution in [2.45, 2.75) is 26.2 Å². The van der Waals surface area contributed by atoms with Gasteiger partial charge in [0.2, 0.25) is 0 Å². The monoisotopic (exact) mass is 607 g/mol. The smallest absolute Gasteiger partial charge is 0.108 e. The summed E-state index contributed by atoms with van der Waals surface area (Å²) < 4.78 is 2.35. The lowest BCUT2D eigenvalue weighted by molar-refractivity contribution is 0.660. The molecule has 0 atom stereocenters. The van der Waals surface area contributed by atoms with Crippen molar-refractivity contribution in [3.63, 3.8) is 0 Å². The first-order valence-electron chi connectivity index (χ1n) is 16.3. The first-order chi connectivity index (χ1) is 23.0. The predicted octanol–water partition coefficient (Wildman–Crippen LogP) is 11.3. The highest BCUT2D eigenvalue weighted by Crippen LogP contribution is 2.50. The van der Waals surface area contributed by atoms with Crippen LogP contribution in [0.1, 0.15) is 31.9 Å². The van der Waals surface area contributed by atoms with Gasteiger partial charge in [-0.1, -0.05) is 111 Å². The fourth-order valence-electron chi connectivity index (χ4n) is 7.36. The lowest BCUT2D eigenvalue weighted by atomic mass is 9.82. The zero-order chi connectivity index (χ0) is 32.1. The summed E-state index contributed by atoms with van der Waals surface area (Å²) in [6.07, 6.45) is 5.96. The van der Waals surface area contributed by atoms with Crippen LogP contribution >= 0.6 is 0 Å². The molecule has 1 heterocycles. The van der Waals surface area contributed by atoms with E-state index in [2.05, 4.69) is 163 Å². The highest BCUT2D eigenvalue weighted by atomic mass is 15.2. The molecule has 7 aromatic rings. The van der Waals surface area contributed by atoms with Crippen LogP contribution in [-0.2, 0) is 5.41 Å². The maximum atomic E-state index is 6.81. The summed E-state index contributed by atoms with van der Waals surface area (Å²) in [6.45, 7) is 6.63. The zero-order valence-electron chi connectivity index (χ0n) is 27.0. The Labute approximate surface area is 276 Å². The minimum Gasteiger partial charge on any atom is -0.385 e. The molecular formula is C44H37N3. The van der Waals surface area contributed by atoms with E-state index < -0.39 is 0 Å². The molecule has 2 N–H and O–H groups in total. The quantitative estimate of drug-likeness (QED) is 0.191. The summed E-state index contributed by atoms with van der Waals surface area (Å²) in [7, 11) is 0. The van der Waals surface area contributed by atoms with E-state index in [1.165, 1.54) is 55.3 Å². The van der Waals surface area contributed by atoms with Gasteiger partial charge < -0.3 is 10.3 Å². The molecule has 3 nitrogen and oxygen atoms in total. The van der Waals surface area contributed by atoms with Gasteiger partial charge in [-0.2, -0.15) is 0 Å². The Morgan fingerprint density at radius 1 is 0.617 bits per heavy atom. The average Bonchev–Trinajstić information content (AvgIpc) is 3.56. The van der Waals surface area contributed by atoms with Crippen LogP contribution in [0.2, 0.25) is 0 Å². The molecule has 0 fully saturated rings. The molecule has 1 aromatic heterocycles. The van der Waals surface area contributed by atoms with Crippen molar-refractivity contribution in [1.29, 1.82) is 0 Å². The number of anilines is 2. The van der Waals surface area contributed by atoms with E-state index in [1.54, 1.807) is 0 Å². The van der Waals surface area contributed by atoms with Crippen molar-refractivity contribution in [1.82, 2.24) is 4.57 Å². The normalized spacial score (nSPS) is 13.7. The van der Waals surface area contributed by atoms with Crippen LogP contribution in [0.4, 0.5) is 11.4 Å². The molecule has 0 radical (unpaired) electrons. The van der Waals surface area contributed by atoms with E-state index in [9.17, 15) is 0 Å². The van der Waals surface area contributed by atoms with Crippen molar-refractivity contribution >= 4 is 33.2 Å². The van der Waals surface area contributed by atoms with Crippen molar-refractivity contribution in [3.05, 3.63) is 175 Å². The van der Waals surface area contributed by atoms with Gasteiger partial charge in [0.05, 0.1) is 11.0 Å². The molecule has 0 bridgehead atoms. The second kappa shape index (κ2) is 11.2. The van der Waals surface area contributed by atoms with Gasteiger partial charge in [-0.05, 0) is 101 Å². The molecule has 0 unspecified atom stereocenters. The molecule has 0 amide bonds. The van der Waals surface area contributed by atoms with Crippen LogP contribution < -0.4 is 10.6 Å². The van der Waals surface area contributed by atoms with Crippen LogP contribution in [-0.4, -0.2) is 4.57 Å². The molecule has 228 valence electrons. The minimum absolute atomic E-state index is 0.0957. The van der Waals surface area contributed by atoms with Gasteiger partial charge >= 0.3 is 0 Å². The minimum atomic E-state index is -0.0957. The molecule has 1 aliphatic rings. The standard InChI is InChI=1S/C44H37N3/c1-4-5-19-43(45)46(34-25-26-36-35-15-9-11-17-39(35)44(2,3)40(36)29-34)33-23-20-30(21-24-33)31-22-27-42-38(28-31)37-16-10-12-18-41(37)47(42)32-13-7-6-8-14-32/h4-29H,45H2,1-3H3/b5-4-,43-19+. The first-order valence-corrected chi connectivity index (χ1v) is 16.3. The van der Waals surface area contributed by atoms with Crippen molar-refractivity contribution in [2.24, 2.45) is 5.73 Å². The van der Waals surface area contributed by atoms with E-state index in [0.29, 0.717) is 5.82 Å². The lowest BCUT2D eigenvalue weighted by Crippen LogP contribution is -2.23. The van der Waals surface area contributed by atoms with Crippen molar-refractivity contribution in [2.75, 3.05) is 4.90 Å². The maximum Gasteiger partial charge on any atom is 0.108 e. The number of benzene rings is 6. The highest BCUT2D eigenvalue weighted by molar-refractivity contribution is 6.10. The predicted molar refractivity (Wildman–Crippen MR) is 199 cm³/mol. The Bertz CT molecular complexity index is 2340. The largest absolute Gasteiger partial charge is 0.385 e. The molecule has 0 aliphatic heterocycles. The van der Waals surface area contributed by atoms with Crippen molar-refractivity contribution in [3.8, 4) is 27.9 Å². The Balaban J connectivity index is 1.20. The van der Waals surface area contributed by atoms with Gasteiger partial charge in [0.1, 0.15) is 5.82 Å². The third-order valence-electron chi connectivity index (χ3n) is 9.69. The number of rotatable bonds is 6. The van der Waals surface area contributed by atoms with Crippen molar-refractivity contribution < 1.29 is 0 Å². The van der Waals surface area contributed by atoms with Gasteiger partial charge in [-0.15, -0.1) is 0 Å². The molecule has 0 spiro atoms. The number of fused-ring (bicyclic) bond motifs is 6. The van der Waals surface area contributed by atoms with Gasteiger partial charge in [0.15, 0.2) is 0 Å². The van der Waals surface area contributed by atoms with E-state index in [1.807, 2.05) is 25.2 Å². The highest BCUT2D eigenvalue weighted by Gasteiger charge is 2.35. The molecule has 47 heavy (non-hydrogen) atoms. The van der Waals surface area contributed by atoms with E-state index >= 15 is 0 Å². The van der Waals surface area contributed by atoms with Gasteiger partial charge in [-0.25, -0.2) is 0 Å². The first kappa shape index (κ1) is 28.7. The number of nitrogens with two attached hydrogens (primary N) is 1. The molecule has 1 aliphatic carbocycles. The molecular weight excluding hydrogens is 571 g/mol. The lowest BCUT2D eigenvalue weighted by Gasteiger charge is -2.28. The summed E-state index contributed by atoms with van der Waals surface area (Å²) in [5.74, 6) is 0.666. The molecule has 6 aromatic carbocycles. The number of allylic oxidation sites excluding steroid dienone is 3. The summed E-state index contributed by atoms with van der Waals surface area (Å²) in [5, 5.41) is 2.49. The Kier molecular flexibility index (Phi) is 6.84. The van der Waals surface area contributed by atoms with Gasteiger partial charge in [0, 0.05) is 33.2 Å². The molecule has 3 heteroatoms. The Hall–Kier alpha value is -5.80. The van der Waals surface area contributed by atoms with Crippen LogP contribution in [0.3, 0.4) is 0 Å². The SMILES string of the molecule is C/C=C\C=C(/N)N(c1ccc(-c2ccc3c(c2)c2ccccc2n3-c2ccccc2)cc1)c1ccc2c(c1)C(C)(C)c1ccccc1-2. The van der Waals surface area contributed by atoms with Gasteiger partial charge in [0.25, 0.3) is 0 Å². The maximum absolute atomic E-state index is 6.81.